The Bertz CT molecular complexity index is 344. The minimum Gasteiger partial charge on any atom is -0.334 e. The zero-order chi connectivity index (χ0) is 12.8. The summed E-state index contributed by atoms with van der Waals surface area (Å²) in [7, 11) is 0. The van der Waals surface area contributed by atoms with E-state index < -0.39 is 0 Å². The van der Waals surface area contributed by atoms with Crippen molar-refractivity contribution in [1.82, 2.24) is 4.90 Å². The minimum atomic E-state index is 0.254. The Morgan fingerprint density at radius 3 is 2.72 bits per heavy atom. The van der Waals surface area contributed by atoms with E-state index >= 15 is 0 Å². The Morgan fingerprint density at radius 2 is 2.06 bits per heavy atom. The van der Waals surface area contributed by atoms with Crippen molar-refractivity contribution in [2.24, 2.45) is 5.41 Å². The fraction of sp³-hybridized carbons (Fsp3) is 0.667. The van der Waals surface area contributed by atoms with Gasteiger partial charge in [0, 0.05) is 18.8 Å². The molecular formula is C15H23NOS. The van der Waals surface area contributed by atoms with Gasteiger partial charge in [0.05, 0.1) is 0 Å². The Kier molecular flexibility index (Phi) is 4.93. The monoisotopic (exact) mass is 265 g/mol. The van der Waals surface area contributed by atoms with Gasteiger partial charge in [0.25, 0.3) is 5.24 Å². The molecule has 2 nitrogen and oxygen atoms in total. The first-order valence-electron chi connectivity index (χ1n) is 6.96. The van der Waals surface area contributed by atoms with Crippen LogP contribution in [-0.4, -0.2) is 29.0 Å². The fourth-order valence-electron chi connectivity index (χ4n) is 2.50. The number of allylic oxidation sites excluding steroid dienone is 4. The standard InChI is InChI=1S/C15H23NOS/c1-15(8-4-2-5-9-15)10-13-18-14(17)16-11-6-3-7-12-16/h2,4-5,8H,3,6-7,9-13H2,1H3. The van der Waals surface area contributed by atoms with Crippen LogP contribution in [0, 0.1) is 5.41 Å². The summed E-state index contributed by atoms with van der Waals surface area (Å²) in [6, 6.07) is 0. The number of carbonyl (C=O) groups excluding carboxylic acids is 1. The molecule has 0 radical (unpaired) electrons. The third-order valence-electron chi connectivity index (χ3n) is 3.84. The van der Waals surface area contributed by atoms with E-state index in [1.807, 2.05) is 4.90 Å². The van der Waals surface area contributed by atoms with Crippen molar-refractivity contribution >= 4 is 17.0 Å². The summed E-state index contributed by atoms with van der Waals surface area (Å²) in [6.07, 6.45) is 14.5. The molecule has 1 aliphatic heterocycles. The molecule has 1 aliphatic carbocycles. The average molecular weight is 265 g/mol. The highest BCUT2D eigenvalue weighted by molar-refractivity contribution is 8.13. The zero-order valence-corrected chi connectivity index (χ0v) is 12.0. The maximum atomic E-state index is 12.0. The molecule has 0 aromatic heterocycles. The second-order valence-electron chi connectivity index (χ2n) is 5.56. The SMILES string of the molecule is CC1(CCSC(=O)N2CCCCC2)C=CC=CC1. The molecule has 18 heavy (non-hydrogen) atoms. The highest BCUT2D eigenvalue weighted by Crippen LogP contribution is 2.32. The van der Waals surface area contributed by atoms with Crippen molar-refractivity contribution in [3.63, 3.8) is 0 Å². The Morgan fingerprint density at radius 1 is 1.28 bits per heavy atom. The molecule has 2 rings (SSSR count). The molecule has 0 aromatic rings. The maximum Gasteiger partial charge on any atom is 0.281 e. The van der Waals surface area contributed by atoms with Crippen molar-refractivity contribution in [3.8, 4) is 0 Å². The quantitative estimate of drug-likeness (QED) is 0.761. The molecule has 1 unspecified atom stereocenters. The normalized spacial score (nSPS) is 27.5. The Labute approximate surface area is 115 Å². The van der Waals surface area contributed by atoms with Gasteiger partial charge < -0.3 is 4.90 Å². The third-order valence-corrected chi connectivity index (χ3v) is 4.76. The number of hydrogen-bond donors (Lipinski definition) is 0. The smallest absolute Gasteiger partial charge is 0.281 e. The van der Waals surface area contributed by atoms with Gasteiger partial charge in [-0.15, -0.1) is 0 Å². The van der Waals surface area contributed by atoms with Crippen molar-refractivity contribution in [2.45, 2.75) is 39.0 Å². The second-order valence-corrected chi connectivity index (χ2v) is 6.60. The van der Waals surface area contributed by atoms with Crippen LogP contribution in [0.5, 0.6) is 0 Å². The number of nitrogens with zero attached hydrogens (tertiary/aromatic N) is 1. The van der Waals surface area contributed by atoms with E-state index in [4.69, 9.17) is 0 Å². The molecule has 3 heteroatoms. The number of rotatable bonds is 3. The predicted molar refractivity (Wildman–Crippen MR) is 78.9 cm³/mol. The van der Waals surface area contributed by atoms with E-state index in [0.29, 0.717) is 0 Å². The first-order valence-corrected chi connectivity index (χ1v) is 7.94. The van der Waals surface area contributed by atoms with E-state index in [2.05, 4.69) is 31.2 Å². The minimum absolute atomic E-state index is 0.254. The number of piperidine rings is 1. The number of carbonyl (C=O) groups is 1. The molecule has 0 spiro atoms. The van der Waals surface area contributed by atoms with Crippen molar-refractivity contribution in [2.75, 3.05) is 18.8 Å². The van der Waals surface area contributed by atoms with Gasteiger partial charge in [-0.1, -0.05) is 43.0 Å². The van der Waals surface area contributed by atoms with Crippen LogP contribution in [0.3, 0.4) is 0 Å². The highest BCUT2D eigenvalue weighted by atomic mass is 32.2. The molecule has 1 fully saturated rings. The van der Waals surface area contributed by atoms with E-state index in [1.165, 1.54) is 31.0 Å². The van der Waals surface area contributed by atoms with Gasteiger partial charge >= 0.3 is 0 Å². The summed E-state index contributed by atoms with van der Waals surface area (Å²) in [5, 5.41) is 0.286. The number of likely N-dealkylation sites (tertiary alicyclic amines) is 1. The van der Waals surface area contributed by atoms with E-state index in [1.54, 1.807) is 0 Å². The maximum absolute atomic E-state index is 12.0. The van der Waals surface area contributed by atoms with Gasteiger partial charge in [-0.3, -0.25) is 4.79 Å². The first-order chi connectivity index (χ1) is 8.70. The lowest BCUT2D eigenvalue weighted by molar-refractivity contribution is 0.211. The molecule has 1 amide bonds. The van der Waals surface area contributed by atoms with E-state index in [0.717, 1.165) is 31.7 Å². The lowest BCUT2D eigenvalue weighted by Gasteiger charge is -2.28. The summed E-state index contributed by atoms with van der Waals surface area (Å²) in [5.41, 5.74) is 0.254. The third kappa shape index (κ3) is 3.91. The molecule has 0 bridgehead atoms. The molecular weight excluding hydrogens is 242 g/mol. The number of thioether (sulfide) groups is 1. The first kappa shape index (κ1) is 13.7. The molecule has 1 heterocycles. The van der Waals surface area contributed by atoms with E-state index in [-0.39, 0.29) is 10.7 Å². The largest absolute Gasteiger partial charge is 0.334 e. The van der Waals surface area contributed by atoms with Crippen LogP contribution in [0.15, 0.2) is 24.3 Å². The lowest BCUT2D eigenvalue weighted by atomic mass is 9.81. The number of hydrogen-bond acceptors (Lipinski definition) is 2. The van der Waals surface area contributed by atoms with Crippen LogP contribution in [0.2, 0.25) is 0 Å². The van der Waals surface area contributed by atoms with Gasteiger partial charge in [-0.25, -0.2) is 0 Å². The lowest BCUT2D eigenvalue weighted by Crippen LogP contribution is -2.33. The molecule has 0 saturated carbocycles. The second kappa shape index (κ2) is 6.46. The summed E-state index contributed by atoms with van der Waals surface area (Å²) >= 11 is 1.50. The van der Waals surface area contributed by atoms with Gasteiger partial charge in [0.2, 0.25) is 0 Å². The Balaban J connectivity index is 1.70. The van der Waals surface area contributed by atoms with Crippen molar-refractivity contribution in [1.29, 1.82) is 0 Å². The Hall–Kier alpha value is -0.700. The fourth-order valence-corrected chi connectivity index (χ4v) is 3.60. The van der Waals surface area contributed by atoms with Gasteiger partial charge in [-0.05, 0) is 37.5 Å². The summed E-state index contributed by atoms with van der Waals surface area (Å²) < 4.78 is 0. The topological polar surface area (TPSA) is 20.3 Å². The molecule has 0 aromatic carbocycles. The molecule has 0 N–H and O–H groups in total. The average Bonchev–Trinajstić information content (AvgIpc) is 2.40. The van der Waals surface area contributed by atoms with E-state index in [9.17, 15) is 4.79 Å². The highest BCUT2D eigenvalue weighted by Gasteiger charge is 2.22. The molecule has 100 valence electrons. The summed E-state index contributed by atoms with van der Waals surface area (Å²) in [4.78, 5) is 14.0. The van der Waals surface area contributed by atoms with Crippen LogP contribution in [0.4, 0.5) is 4.79 Å². The van der Waals surface area contributed by atoms with Crippen LogP contribution in [-0.2, 0) is 0 Å². The van der Waals surface area contributed by atoms with Crippen LogP contribution >= 0.6 is 11.8 Å². The summed E-state index contributed by atoms with van der Waals surface area (Å²) in [5.74, 6) is 0.935. The molecule has 1 atom stereocenters. The van der Waals surface area contributed by atoms with Gasteiger partial charge in [0.15, 0.2) is 0 Å². The van der Waals surface area contributed by atoms with Gasteiger partial charge in [-0.2, -0.15) is 0 Å². The predicted octanol–water partition coefficient (Wildman–Crippen LogP) is 4.24. The zero-order valence-electron chi connectivity index (χ0n) is 11.2. The van der Waals surface area contributed by atoms with Crippen LogP contribution in [0.1, 0.15) is 39.0 Å². The number of amides is 1. The summed E-state index contributed by atoms with van der Waals surface area (Å²) in [6.45, 7) is 4.20. The van der Waals surface area contributed by atoms with Gasteiger partial charge in [0.1, 0.15) is 0 Å². The van der Waals surface area contributed by atoms with Crippen LogP contribution < -0.4 is 0 Å². The van der Waals surface area contributed by atoms with Crippen molar-refractivity contribution in [3.05, 3.63) is 24.3 Å². The molecule has 1 saturated heterocycles. The van der Waals surface area contributed by atoms with Crippen molar-refractivity contribution < 1.29 is 4.79 Å². The molecule has 2 aliphatic rings. The van der Waals surface area contributed by atoms with Crippen LogP contribution in [0.25, 0.3) is 0 Å².